The summed E-state index contributed by atoms with van der Waals surface area (Å²) >= 11 is 0. The van der Waals surface area contributed by atoms with Crippen molar-refractivity contribution in [2.24, 2.45) is 0 Å². The van der Waals surface area contributed by atoms with Gasteiger partial charge in [0.2, 0.25) is 0 Å². The van der Waals surface area contributed by atoms with Crippen molar-refractivity contribution in [1.29, 1.82) is 0 Å². The molecule has 1 radical (unpaired) electrons. The van der Waals surface area contributed by atoms with Crippen LogP contribution in [-0.2, 0) is 9.84 Å². The van der Waals surface area contributed by atoms with Crippen molar-refractivity contribution < 1.29 is 9.84 Å². The summed E-state index contributed by atoms with van der Waals surface area (Å²) in [5.74, 6) is 0. The second kappa shape index (κ2) is 6.62. The van der Waals surface area contributed by atoms with Crippen LogP contribution in [0.3, 0.4) is 0 Å². The summed E-state index contributed by atoms with van der Waals surface area (Å²) in [7, 11) is 1.73. The second-order valence-electron chi connectivity index (χ2n) is 3.01. The largest absolute Gasteiger partial charge is 0.381 e. The van der Waals surface area contributed by atoms with E-state index in [2.05, 4.69) is 6.92 Å². The first-order valence-corrected chi connectivity index (χ1v) is 4.39. The Balaban J connectivity index is 3.21. The zero-order valence-electron chi connectivity index (χ0n) is 7.80. The highest BCUT2D eigenvalue weighted by Crippen LogP contribution is 2.08. The lowest BCUT2D eigenvalue weighted by Gasteiger charge is -2.12. The van der Waals surface area contributed by atoms with Crippen LogP contribution in [0.1, 0.15) is 39.5 Å². The molecule has 67 valence electrons. The fraction of sp³-hybridized carbons (Fsp3) is 1.00. The molecule has 2 heteroatoms. The lowest BCUT2D eigenvalue weighted by Crippen LogP contribution is -2.09. The molecule has 0 saturated carbocycles. The standard InChI is InChI=1S/C9H19O2/c1-4-9(11-3)7-5-6-8(2)10/h8-9H,4-7H2,1-3H3. The molecule has 0 spiro atoms. The molecule has 0 bridgehead atoms. The van der Waals surface area contributed by atoms with Gasteiger partial charge in [0.15, 0.2) is 0 Å². The van der Waals surface area contributed by atoms with Crippen LogP contribution in [0.25, 0.3) is 0 Å². The summed E-state index contributed by atoms with van der Waals surface area (Å²) in [6, 6.07) is 0. The van der Waals surface area contributed by atoms with E-state index in [1.165, 1.54) is 0 Å². The minimum absolute atomic E-state index is 0.355. The predicted octanol–water partition coefficient (Wildman–Crippen LogP) is 2.40. The van der Waals surface area contributed by atoms with E-state index in [0.29, 0.717) is 6.10 Å². The maximum Gasteiger partial charge on any atom is 0.0902 e. The molecule has 0 aliphatic heterocycles. The van der Waals surface area contributed by atoms with Gasteiger partial charge >= 0.3 is 0 Å². The van der Waals surface area contributed by atoms with Gasteiger partial charge in [-0.2, -0.15) is 0 Å². The number of hydrogen-bond acceptors (Lipinski definition) is 1. The fourth-order valence-electron chi connectivity index (χ4n) is 1.12. The van der Waals surface area contributed by atoms with Crippen molar-refractivity contribution in [3.05, 3.63) is 0 Å². The van der Waals surface area contributed by atoms with Gasteiger partial charge in [-0.1, -0.05) is 6.92 Å². The summed E-state index contributed by atoms with van der Waals surface area (Å²) < 4.78 is 5.18. The van der Waals surface area contributed by atoms with E-state index in [1.54, 1.807) is 14.0 Å². The first-order chi connectivity index (χ1) is 5.20. The molecule has 0 amide bonds. The lowest BCUT2D eigenvalue weighted by molar-refractivity contribution is 0.0705. The molecule has 0 N–H and O–H groups in total. The summed E-state index contributed by atoms with van der Waals surface area (Å²) in [5, 5.41) is 10.6. The SMILES string of the molecule is CCC(CCCC(C)[O])OC. The summed E-state index contributed by atoms with van der Waals surface area (Å²) in [6.07, 6.45) is 3.79. The normalized spacial score (nSPS) is 16.4. The quantitative estimate of drug-likeness (QED) is 0.585. The maximum atomic E-state index is 10.6. The average Bonchev–Trinajstić information content (AvgIpc) is 1.98. The summed E-state index contributed by atoms with van der Waals surface area (Å²) in [4.78, 5) is 0. The third kappa shape index (κ3) is 6.32. The maximum absolute atomic E-state index is 10.6. The Bertz CT molecular complexity index is 77.6. The number of methoxy groups -OCH3 is 1. The predicted molar refractivity (Wildman–Crippen MR) is 45.1 cm³/mol. The van der Waals surface area contributed by atoms with E-state index >= 15 is 0 Å². The third-order valence-electron chi connectivity index (χ3n) is 1.93. The molecular weight excluding hydrogens is 140 g/mol. The van der Waals surface area contributed by atoms with Crippen LogP contribution in [-0.4, -0.2) is 19.3 Å². The molecule has 0 aromatic rings. The van der Waals surface area contributed by atoms with Crippen molar-refractivity contribution in [3.63, 3.8) is 0 Å². The molecule has 2 nitrogen and oxygen atoms in total. The number of ether oxygens (including phenoxy) is 1. The van der Waals surface area contributed by atoms with E-state index in [-0.39, 0.29) is 0 Å². The first kappa shape index (κ1) is 10.9. The molecule has 0 saturated heterocycles. The Morgan fingerprint density at radius 2 is 2.00 bits per heavy atom. The monoisotopic (exact) mass is 159 g/mol. The molecule has 0 aliphatic carbocycles. The van der Waals surface area contributed by atoms with Crippen LogP contribution in [0, 0.1) is 0 Å². The van der Waals surface area contributed by atoms with E-state index < -0.39 is 6.10 Å². The van der Waals surface area contributed by atoms with Crippen molar-refractivity contribution in [2.45, 2.75) is 51.7 Å². The molecule has 11 heavy (non-hydrogen) atoms. The van der Waals surface area contributed by atoms with Crippen molar-refractivity contribution in [3.8, 4) is 0 Å². The van der Waals surface area contributed by atoms with Gasteiger partial charge in [0, 0.05) is 7.11 Å². The smallest absolute Gasteiger partial charge is 0.0902 e. The van der Waals surface area contributed by atoms with E-state index in [1.807, 2.05) is 0 Å². The van der Waals surface area contributed by atoms with Gasteiger partial charge in [-0.3, -0.25) is 0 Å². The Morgan fingerprint density at radius 3 is 2.36 bits per heavy atom. The molecule has 0 fully saturated rings. The molecular formula is C9H19O2. The molecule has 0 aromatic carbocycles. The van der Waals surface area contributed by atoms with E-state index in [4.69, 9.17) is 4.74 Å². The highest BCUT2D eigenvalue weighted by molar-refractivity contribution is 4.56. The molecule has 0 aliphatic rings. The Labute approximate surface area is 69.6 Å². The van der Waals surface area contributed by atoms with Gasteiger partial charge in [0.25, 0.3) is 0 Å². The lowest BCUT2D eigenvalue weighted by atomic mass is 10.1. The van der Waals surface area contributed by atoms with Gasteiger partial charge in [0.05, 0.1) is 12.2 Å². The highest BCUT2D eigenvalue weighted by atomic mass is 16.5. The Hall–Kier alpha value is -0.0800. The van der Waals surface area contributed by atoms with Crippen LogP contribution in [0.2, 0.25) is 0 Å². The summed E-state index contributed by atoms with van der Waals surface area (Å²) in [6.45, 7) is 3.82. The molecule has 2 atom stereocenters. The van der Waals surface area contributed by atoms with Crippen molar-refractivity contribution >= 4 is 0 Å². The molecule has 2 unspecified atom stereocenters. The number of rotatable bonds is 6. The zero-order chi connectivity index (χ0) is 8.69. The van der Waals surface area contributed by atoms with Gasteiger partial charge in [-0.15, -0.1) is 0 Å². The summed E-state index contributed by atoms with van der Waals surface area (Å²) in [5.41, 5.74) is 0. The van der Waals surface area contributed by atoms with Gasteiger partial charge < -0.3 is 4.74 Å². The Morgan fingerprint density at radius 1 is 1.36 bits per heavy atom. The topological polar surface area (TPSA) is 29.1 Å². The van der Waals surface area contributed by atoms with Crippen molar-refractivity contribution in [1.82, 2.24) is 0 Å². The van der Waals surface area contributed by atoms with Crippen LogP contribution >= 0.6 is 0 Å². The van der Waals surface area contributed by atoms with Gasteiger partial charge in [-0.05, 0) is 32.6 Å². The van der Waals surface area contributed by atoms with Crippen LogP contribution in [0.5, 0.6) is 0 Å². The molecule has 0 heterocycles. The minimum atomic E-state index is -0.413. The molecule has 0 aromatic heterocycles. The first-order valence-electron chi connectivity index (χ1n) is 4.39. The van der Waals surface area contributed by atoms with Crippen LogP contribution in [0.15, 0.2) is 0 Å². The fourth-order valence-corrected chi connectivity index (χ4v) is 1.12. The van der Waals surface area contributed by atoms with E-state index in [9.17, 15) is 5.11 Å². The Kier molecular flexibility index (Phi) is 6.57. The number of hydrogen-bond donors (Lipinski definition) is 0. The second-order valence-corrected chi connectivity index (χ2v) is 3.01. The average molecular weight is 159 g/mol. The highest BCUT2D eigenvalue weighted by Gasteiger charge is 2.04. The molecule has 0 rings (SSSR count). The van der Waals surface area contributed by atoms with Crippen LogP contribution < -0.4 is 0 Å². The minimum Gasteiger partial charge on any atom is -0.381 e. The van der Waals surface area contributed by atoms with Crippen LogP contribution in [0.4, 0.5) is 0 Å². The van der Waals surface area contributed by atoms with Gasteiger partial charge in [-0.25, -0.2) is 5.11 Å². The van der Waals surface area contributed by atoms with Crippen molar-refractivity contribution in [2.75, 3.05) is 7.11 Å². The van der Waals surface area contributed by atoms with Gasteiger partial charge in [0.1, 0.15) is 0 Å². The zero-order valence-corrected chi connectivity index (χ0v) is 7.80. The third-order valence-corrected chi connectivity index (χ3v) is 1.93. The van der Waals surface area contributed by atoms with E-state index in [0.717, 1.165) is 25.7 Å².